The standard InChI is InChI=1S/C18H25N3O4/c1-18(2,3)21-15(23)13-8-7-12(11-14(13)16(21)24)20-17(25)19-9-5-4-6-10-22/h7-8,11,22H,4-6,9-10H2,1-3H3,(H2,19,20,25). The van der Waals surface area contributed by atoms with Gasteiger partial charge < -0.3 is 15.7 Å². The molecule has 25 heavy (non-hydrogen) atoms. The second kappa shape index (κ2) is 7.65. The Hall–Kier alpha value is -2.41. The van der Waals surface area contributed by atoms with Gasteiger partial charge in [0.2, 0.25) is 0 Å². The zero-order valence-electron chi connectivity index (χ0n) is 14.9. The monoisotopic (exact) mass is 347 g/mol. The van der Waals surface area contributed by atoms with Crippen molar-refractivity contribution in [2.24, 2.45) is 0 Å². The van der Waals surface area contributed by atoms with Crippen molar-refractivity contribution in [2.45, 2.75) is 45.6 Å². The van der Waals surface area contributed by atoms with Gasteiger partial charge >= 0.3 is 6.03 Å². The minimum absolute atomic E-state index is 0.152. The number of aliphatic hydroxyl groups is 1. The molecule has 0 atom stereocenters. The third-order valence-electron chi connectivity index (χ3n) is 3.94. The fourth-order valence-corrected chi connectivity index (χ4v) is 2.72. The number of amides is 4. The SMILES string of the molecule is CC(C)(C)N1C(=O)c2ccc(NC(=O)NCCCCCO)cc2C1=O. The van der Waals surface area contributed by atoms with E-state index >= 15 is 0 Å². The van der Waals surface area contributed by atoms with Crippen molar-refractivity contribution in [3.63, 3.8) is 0 Å². The number of nitrogens with one attached hydrogen (secondary N) is 2. The van der Waals surface area contributed by atoms with Crippen LogP contribution < -0.4 is 10.6 Å². The lowest BCUT2D eigenvalue weighted by molar-refractivity contribution is 0.0507. The van der Waals surface area contributed by atoms with Gasteiger partial charge in [0.15, 0.2) is 0 Å². The van der Waals surface area contributed by atoms with E-state index in [2.05, 4.69) is 10.6 Å². The van der Waals surface area contributed by atoms with Crippen LogP contribution in [0.5, 0.6) is 0 Å². The fraction of sp³-hybridized carbons (Fsp3) is 0.500. The molecule has 1 aliphatic rings. The van der Waals surface area contributed by atoms with Gasteiger partial charge in [-0.15, -0.1) is 0 Å². The number of imide groups is 1. The predicted octanol–water partition coefficient (Wildman–Crippen LogP) is 2.37. The summed E-state index contributed by atoms with van der Waals surface area (Å²) >= 11 is 0. The van der Waals surface area contributed by atoms with Crippen LogP contribution in [0.15, 0.2) is 18.2 Å². The lowest BCUT2D eigenvalue weighted by Gasteiger charge is -2.29. The number of unbranched alkanes of at least 4 members (excludes halogenated alkanes) is 2. The number of nitrogens with zero attached hydrogens (tertiary/aromatic N) is 1. The molecule has 1 aromatic carbocycles. The molecule has 136 valence electrons. The van der Waals surface area contributed by atoms with Gasteiger partial charge in [0.05, 0.1) is 11.1 Å². The molecule has 0 saturated heterocycles. The Labute approximate surface area is 147 Å². The first-order valence-electron chi connectivity index (χ1n) is 8.44. The van der Waals surface area contributed by atoms with Crippen LogP contribution in [0.4, 0.5) is 10.5 Å². The maximum Gasteiger partial charge on any atom is 0.319 e. The summed E-state index contributed by atoms with van der Waals surface area (Å²) in [6.07, 6.45) is 2.34. The topological polar surface area (TPSA) is 98.7 Å². The molecule has 1 aliphatic heterocycles. The van der Waals surface area contributed by atoms with Gasteiger partial charge in [0.1, 0.15) is 0 Å². The van der Waals surface area contributed by atoms with Gasteiger partial charge in [-0.2, -0.15) is 0 Å². The van der Waals surface area contributed by atoms with Crippen molar-refractivity contribution >= 4 is 23.5 Å². The normalized spacial score (nSPS) is 13.8. The largest absolute Gasteiger partial charge is 0.396 e. The van der Waals surface area contributed by atoms with E-state index < -0.39 is 5.54 Å². The van der Waals surface area contributed by atoms with Crippen molar-refractivity contribution in [3.05, 3.63) is 29.3 Å². The molecular formula is C18H25N3O4. The molecule has 0 bridgehead atoms. The number of anilines is 1. The third-order valence-corrected chi connectivity index (χ3v) is 3.94. The maximum atomic E-state index is 12.5. The molecule has 3 N–H and O–H groups in total. The fourth-order valence-electron chi connectivity index (χ4n) is 2.72. The molecule has 1 heterocycles. The molecule has 1 aromatic rings. The van der Waals surface area contributed by atoms with Gasteiger partial charge in [0, 0.05) is 24.4 Å². The first-order chi connectivity index (χ1) is 11.8. The van der Waals surface area contributed by atoms with Crippen molar-refractivity contribution < 1.29 is 19.5 Å². The summed E-state index contributed by atoms with van der Waals surface area (Å²) < 4.78 is 0. The van der Waals surface area contributed by atoms with E-state index in [1.807, 2.05) is 0 Å². The first-order valence-corrected chi connectivity index (χ1v) is 8.44. The van der Waals surface area contributed by atoms with E-state index in [-0.39, 0.29) is 24.5 Å². The molecule has 4 amide bonds. The van der Waals surface area contributed by atoms with Gasteiger partial charge in [-0.3, -0.25) is 14.5 Å². The lowest BCUT2D eigenvalue weighted by Crippen LogP contribution is -2.45. The Morgan fingerprint density at radius 2 is 1.76 bits per heavy atom. The summed E-state index contributed by atoms with van der Waals surface area (Å²) in [6.45, 7) is 6.07. The Morgan fingerprint density at radius 3 is 2.40 bits per heavy atom. The average Bonchev–Trinajstić information content (AvgIpc) is 2.78. The number of fused-ring (bicyclic) bond motifs is 1. The molecule has 0 spiro atoms. The minimum atomic E-state index is -0.604. The van der Waals surface area contributed by atoms with E-state index in [4.69, 9.17) is 5.11 Å². The van der Waals surface area contributed by atoms with Crippen molar-refractivity contribution in [3.8, 4) is 0 Å². The highest BCUT2D eigenvalue weighted by Gasteiger charge is 2.41. The van der Waals surface area contributed by atoms with E-state index in [0.717, 1.165) is 12.8 Å². The van der Waals surface area contributed by atoms with Crippen LogP contribution in [-0.2, 0) is 0 Å². The number of hydrogen-bond acceptors (Lipinski definition) is 4. The molecule has 7 nitrogen and oxygen atoms in total. The molecule has 0 saturated carbocycles. The van der Waals surface area contributed by atoms with Crippen LogP contribution >= 0.6 is 0 Å². The second-order valence-corrected chi connectivity index (χ2v) is 7.04. The van der Waals surface area contributed by atoms with Gasteiger partial charge in [-0.05, 0) is 58.2 Å². The van der Waals surface area contributed by atoms with Crippen LogP contribution in [0.25, 0.3) is 0 Å². The molecule has 0 radical (unpaired) electrons. The third kappa shape index (κ3) is 4.36. The Morgan fingerprint density at radius 1 is 1.08 bits per heavy atom. The van der Waals surface area contributed by atoms with Gasteiger partial charge in [-0.25, -0.2) is 4.79 Å². The molecule has 0 aliphatic carbocycles. The summed E-state index contributed by atoms with van der Waals surface area (Å²) in [4.78, 5) is 38.0. The number of carbonyl (C=O) groups excluding carboxylic acids is 3. The maximum absolute atomic E-state index is 12.5. The van der Waals surface area contributed by atoms with Crippen molar-refractivity contribution in [1.29, 1.82) is 0 Å². The summed E-state index contributed by atoms with van der Waals surface area (Å²) in [5, 5.41) is 14.1. The average molecular weight is 347 g/mol. The zero-order valence-corrected chi connectivity index (χ0v) is 14.9. The van der Waals surface area contributed by atoms with E-state index in [1.165, 1.54) is 11.0 Å². The number of rotatable bonds is 6. The molecular weight excluding hydrogens is 322 g/mol. The highest BCUT2D eigenvalue weighted by molar-refractivity contribution is 6.22. The first kappa shape index (κ1) is 18.9. The summed E-state index contributed by atoms with van der Waals surface area (Å²) in [6, 6.07) is 4.35. The molecule has 0 unspecified atom stereocenters. The second-order valence-electron chi connectivity index (χ2n) is 7.04. The lowest BCUT2D eigenvalue weighted by atomic mass is 10.1. The minimum Gasteiger partial charge on any atom is -0.396 e. The molecule has 7 heteroatoms. The van der Waals surface area contributed by atoms with Crippen molar-refractivity contribution in [2.75, 3.05) is 18.5 Å². The van der Waals surface area contributed by atoms with Crippen molar-refractivity contribution in [1.82, 2.24) is 10.2 Å². The molecule has 0 aromatic heterocycles. The van der Waals surface area contributed by atoms with Crippen LogP contribution in [0, 0.1) is 0 Å². The molecule has 0 fully saturated rings. The van der Waals surface area contributed by atoms with Crippen LogP contribution in [-0.4, -0.2) is 46.5 Å². The van der Waals surface area contributed by atoms with Crippen LogP contribution in [0.3, 0.4) is 0 Å². The number of hydrogen-bond donors (Lipinski definition) is 3. The number of aliphatic hydroxyl groups excluding tert-OH is 1. The summed E-state index contributed by atoms with van der Waals surface area (Å²) in [5.74, 6) is -0.659. The quantitative estimate of drug-likeness (QED) is 0.543. The summed E-state index contributed by atoms with van der Waals surface area (Å²) in [7, 11) is 0. The van der Waals surface area contributed by atoms with Gasteiger partial charge in [0.25, 0.3) is 11.8 Å². The number of benzene rings is 1. The van der Waals surface area contributed by atoms with E-state index in [0.29, 0.717) is 29.8 Å². The Balaban J connectivity index is 2.01. The number of urea groups is 1. The van der Waals surface area contributed by atoms with E-state index in [1.54, 1.807) is 32.9 Å². The van der Waals surface area contributed by atoms with Crippen LogP contribution in [0.1, 0.15) is 60.7 Å². The highest BCUT2D eigenvalue weighted by Crippen LogP contribution is 2.30. The Kier molecular flexibility index (Phi) is 5.79. The number of carbonyl (C=O) groups is 3. The zero-order chi connectivity index (χ0) is 18.6. The smallest absolute Gasteiger partial charge is 0.319 e. The predicted molar refractivity (Wildman–Crippen MR) is 94.7 cm³/mol. The van der Waals surface area contributed by atoms with Crippen LogP contribution in [0.2, 0.25) is 0 Å². The van der Waals surface area contributed by atoms with Gasteiger partial charge in [-0.1, -0.05) is 0 Å². The highest BCUT2D eigenvalue weighted by atomic mass is 16.3. The van der Waals surface area contributed by atoms with E-state index in [9.17, 15) is 14.4 Å². The Bertz CT molecular complexity index is 679. The summed E-state index contributed by atoms with van der Waals surface area (Å²) in [5.41, 5.74) is 0.520. The molecule has 2 rings (SSSR count).